The fourth-order valence-corrected chi connectivity index (χ4v) is 1.20. The summed E-state index contributed by atoms with van der Waals surface area (Å²) < 4.78 is 0.996. The van der Waals surface area contributed by atoms with Crippen LogP contribution in [0.4, 0.5) is 0 Å². The second-order valence-corrected chi connectivity index (χ2v) is 3.23. The molecule has 0 aliphatic carbocycles. The molecule has 0 saturated heterocycles. The smallest absolute Gasteiger partial charge is 0.131 e. The summed E-state index contributed by atoms with van der Waals surface area (Å²) in [7, 11) is 0. The van der Waals surface area contributed by atoms with Crippen LogP contribution in [0.2, 0.25) is 0 Å². The van der Waals surface area contributed by atoms with E-state index in [9.17, 15) is 4.79 Å². The molecule has 0 aliphatic heterocycles. The Labute approximate surface area is 74.6 Å². The quantitative estimate of drug-likeness (QED) is 0.688. The number of hydrogen-bond donors (Lipinski definition) is 0. The average molecular weight is 212 g/mol. The molecule has 0 saturated carbocycles. The van der Waals surface area contributed by atoms with Crippen LogP contribution in [0, 0.1) is 5.92 Å². The number of carbonyl (C=O) groups is 1. The molecule has 1 rings (SSSR count). The van der Waals surface area contributed by atoms with Gasteiger partial charge in [-0.3, -0.25) is 0 Å². The summed E-state index contributed by atoms with van der Waals surface area (Å²) in [5.74, 6) is 0.756. The van der Waals surface area contributed by atoms with E-state index in [1.165, 1.54) is 0 Å². The van der Waals surface area contributed by atoms with E-state index < -0.39 is 0 Å². The Hall–Kier alpha value is -0.630. The number of halogens is 1. The monoisotopic (exact) mass is 211 g/mol. The minimum atomic E-state index is 0.756. The summed E-state index contributed by atoms with van der Waals surface area (Å²) in [4.78, 5) is 10.4. The number of benzene rings is 1. The molecule has 1 nitrogen and oxygen atoms in total. The Morgan fingerprint density at radius 1 is 1.55 bits per heavy atom. The lowest BCUT2D eigenvalue weighted by atomic mass is 10.0. The molecule has 0 aromatic heterocycles. The number of hydrogen-bond acceptors (Lipinski definition) is 1. The van der Waals surface area contributed by atoms with E-state index in [-0.39, 0.29) is 0 Å². The minimum Gasteiger partial charge on any atom is -0.302 e. The van der Waals surface area contributed by atoms with E-state index in [1.54, 1.807) is 6.92 Å². The number of aldehydes is 1. The van der Waals surface area contributed by atoms with Crippen molar-refractivity contribution in [1.29, 1.82) is 0 Å². The van der Waals surface area contributed by atoms with Gasteiger partial charge < -0.3 is 4.79 Å². The molecule has 0 N–H and O–H groups in total. The topological polar surface area (TPSA) is 17.1 Å². The first-order valence-electron chi connectivity index (χ1n) is 3.28. The van der Waals surface area contributed by atoms with Gasteiger partial charge in [0.15, 0.2) is 0 Å². The molecule has 0 atom stereocenters. The summed E-state index contributed by atoms with van der Waals surface area (Å²) in [6.45, 7) is 1.80. The van der Waals surface area contributed by atoms with Crippen LogP contribution in [0.25, 0.3) is 0 Å². The molecule has 57 valence electrons. The first-order chi connectivity index (χ1) is 5.24. The van der Waals surface area contributed by atoms with Crippen molar-refractivity contribution in [3.8, 4) is 0 Å². The predicted octanol–water partition coefficient (Wildman–Crippen LogP) is 2.59. The van der Waals surface area contributed by atoms with Crippen molar-refractivity contribution in [2.45, 2.75) is 6.92 Å². The van der Waals surface area contributed by atoms with Crippen molar-refractivity contribution in [1.82, 2.24) is 0 Å². The summed E-state index contributed by atoms with van der Waals surface area (Å²) in [5.41, 5.74) is 0.967. The zero-order valence-corrected chi connectivity index (χ0v) is 7.76. The molecule has 11 heavy (non-hydrogen) atoms. The van der Waals surface area contributed by atoms with Gasteiger partial charge in [0.25, 0.3) is 0 Å². The number of carbonyl (C=O) groups excluding carboxylic acids is 1. The Balaban J connectivity index is 2.95. The molecule has 2 heteroatoms. The van der Waals surface area contributed by atoms with Crippen molar-refractivity contribution in [2.75, 3.05) is 0 Å². The molecule has 0 heterocycles. The fourth-order valence-electron chi connectivity index (χ4n) is 0.802. The fraction of sp³-hybridized carbons (Fsp3) is 0.111. The Morgan fingerprint density at radius 3 is 2.82 bits per heavy atom. The molecule has 0 spiro atoms. The summed E-state index contributed by atoms with van der Waals surface area (Å²) in [6, 6.07) is 7.67. The molecule has 0 fully saturated rings. The van der Waals surface area contributed by atoms with Crippen LogP contribution in [0.5, 0.6) is 0 Å². The van der Waals surface area contributed by atoms with Crippen LogP contribution in [0.1, 0.15) is 12.5 Å². The van der Waals surface area contributed by atoms with Gasteiger partial charge in [0.05, 0.1) is 5.92 Å². The largest absolute Gasteiger partial charge is 0.302 e. The first-order valence-corrected chi connectivity index (χ1v) is 4.08. The molecule has 0 unspecified atom stereocenters. The average Bonchev–Trinajstić information content (AvgIpc) is 2.03. The normalized spacial score (nSPS) is 10.1. The van der Waals surface area contributed by atoms with Crippen LogP contribution in [0.15, 0.2) is 28.7 Å². The van der Waals surface area contributed by atoms with Crippen LogP contribution in [-0.2, 0) is 4.79 Å². The van der Waals surface area contributed by atoms with Gasteiger partial charge in [-0.05, 0) is 24.6 Å². The molecular formula is C9H8BrO. The molecule has 1 radical (unpaired) electrons. The van der Waals surface area contributed by atoms with Crippen LogP contribution in [-0.4, -0.2) is 6.29 Å². The van der Waals surface area contributed by atoms with Crippen molar-refractivity contribution >= 4 is 22.2 Å². The predicted molar refractivity (Wildman–Crippen MR) is 48.2 cm³/mol. The highest BCUT2D eigenvalue weighted by molar-refractivity contribution is 9.10. The molecule has 1 aromatic rings. The maximum Gasteiger partial charge on any atom is 0.131 e. The second-order valence-electron chi connectivity index (χ2n) is 2.31. The zero-order chi connectivity index (χ0) is 8.27. The lowest BCUT2D eigenvalue weighted by molar-refractivity contribution is -0.106. The van der Waals surface area contributed by atoms with E-state index in [0.29, 0.717) is 0 Å². The van der Waals surface area contributed by atoms with Gasteiger partial charge in [-0.15, -0.1) is 0 Å². The lowest BCUT2D eigenvalue weighted by Crippen LogP contribution is -1.94. The van der Waals surface area contributed by atoms with Gasteiger partial charge in [0.1, 0.15) is 6.29 Å². The minimum absolute atomic E-state index is 0.756. The van der Waals surface area contributed by atoms with Crippen molar-refractivity contribution < 1.29 is 4.79 Å². The third kappa shape index (κ3) is 2.15. The van der Waals surface area contributed by atoms with Gasteiger partial charge in [-0.2, -0.15) is 0 Å². The highest BCUT2D eigenvalue weighted by Crippen LogP contribution is 2.16. The summed E-state index contributed by atoms with van der Waals surface area (Å²) in [5, 5.41) is 0. The highest BCUT2D eigenvalue weighted by Gasteiger charge is 2.03. The van der Waals surface area contributed by atoms with E-state index >= 15 is 0 Å². The van der Waals surface area contributed by atoms with E-state index in [2.05, 4.69) is 15.9 Å². The lowest BCUT2D eigenvalue weighted by Gasteiger charge is -2.01. The molecule has 0 amide bonds. The van der Waals surface area contributed by atoms with E-state index in [0.717, 1.165) is 22.2 Å². The highest BCUT2D eigenvalue weighted by atomic mass is 79.9. The van der Waals surface area contributed by atoms with Crippen LogP contribution < -0.4 is 0 Å². The van der Waals surface area contributed by atoms with Gasteiger partial charge in [-0.1, -0.05) is 28.1 Å². The molecule has 0 bridgehead atoms. The van der Waals surface area contributed by atoms with Crippen LogP contribution in [0.3, 0.4) is 0 Å². The van der Waals surface area contributed by atoms with Gasteiger partial charge in [0.2, 0.25) is 0 Å². The van der Waals surface area contributed by atoms with Gasteiger partial charge in [-0.25, -0.2) is 0 Å². The van der Waals surface area contributed by atoms with Gasteiger partial charge >= 0.3 is 0 Å². The summed E-state index contributed by atoms with van der Waals surface area (Å²) in [6.07, 6.45) is 0.863. The van der Waals surface area contributed by atoms with Crippen molar-refractivity contribution in [3.05, 3.63) is 40.2 Å². The summed E-state index contributed by atoms with van der Waals surface area (Å²) >= 11 is 3.33. The molecular weight excluding hydrogens is 204 g/mol. The van der Waals surface area contributed by atoms with Crippen LogP contribution >= 0.6 is 15.9 Å². The van der Waals surface area contributed by atoms with E-state index in [1.807, 2.05) is 24.3 Å². The SMILES string of the molecule is C[C](C=O)c1cccc(Br)c1. The van der Waals surface area contributed by atoms with E-state index in [4.69, 9.17) is 0 Å². The molecule has 1 aromatic carbocycles. The van der Waals surface area contributed by atoms with Gasteiger partial charge in [0, 0.05) is 4.47 Å². The Morgan fingerprint density at radius 2 is 2.27 bits per heavy atom. The maximum absolute atomic E-state index is 10.4. The third-order valence-corrected chi connectivity index (χ3v) is 1.95. The zero-order valence-electron chi connectivity index (χ0n) is 6.17. The molecule has 0 aliphatic rings. The van der Waals surface area contributed by atoms with Crippen molar-refractivity contribution in [2.24, 2.45) is 0 Å². The Kier molecular flexibility index (Phi) is 2.83. The number of rotatable bonds is 2. The Bertz CT molecular complexity index is 257. The first kappa shape index (κ1) is 8.47. The second kappa shape index (κ2) is 3.67. The maximum atomic E-state index is 10.4. The standard InChI is InChI=1S/C9H8BrO/c1-7(6-11)8-3-2-4-9(10)5-8/h2-6H,1H3. The third-order valence-electron chi connectivity index (χ3n) is 1.46. The van der Waals surface area contributed by atoms with Crippen molar-refractivity contribution in [3.63, 3.8) is 0 Å².